The number of para-hydroxylation sites is 1. The number of rotatable bonds is 9. The molecule has 0 bridgehead atoms. The minimum Gasteiger partial charge on any atom is -0.370 e. The number of hydrogen-bond donors (Lipinski definition) is 4. The normalized spacial score (nSPS) is 12.1. The number of carbonyl (C=O) groups excluding carboxylic acids is 2. The lowest BCUT2D eigenvalue weighted by Crippen LogP contribution is -2.46. The summed E-state index contributed by atoms with van der Waals surface area (Å²) >= 11 is 0. The molecule has 3 aromatic rings. The van der Waals surface area contributed by atoms with Crippen LogP contribution in [0.25, 0.3) is 10.9 Å². The molecule has 0 fully saturated rings. The Balaban J connectivity index is 1.71. The van der Waals surface area contributed by atoms with E-state index in [1.807, 2.05) is 0 Å². The van der Waals surface area contributed by atoms with Crippen LogP contribution < -0.4 is 22.1 Å². The summed E-state index contributed by atoms with van der Waals surface area (Å²) in [6.07, 6.45) is -2.28. The van der Waals surface area contributed by atoms with Crippen molar-refractivity contribution < 1.29 is 22.8 Å². The molecule has 1 atom stereocenters. The van der Waals surface area contributed by atoms with Crippen LogP contribution in [0.2, 0.25) is 0 Å². The summed E-state index contributed by atoms with van der Waals surface area (Å²) in [5, 5.41) is 6.04. The van der Waals surface area contributed by atoms with E-state index in [-0.39, 0.29) is 25.5 Å². The van der Waals surface area contributed by atoms with Gasteiger partial charge in [-0.15, -0.1) is 0 Å². The molecule has 0 spiro atoms. The molecule has 0 saturated carbocycles. The molecule has 8 nitrogen and oxygen atoms in total. The Hall–Kier alpha value is -4.15. The zero-order valence-electron chi connectivity index (χ0n) is 18.7. The first-order chi connectivity index (χ1) is 16.6. The van der Waals surface area contributed by atoms with Crippen LogP contribution in [-0.4, -0.2) is 35.3 Å². The second kappa shape index (κ2) is 11.3. The second-order valence-corrected chi connectivity index (χ2v) is 7.76. The number of amides is 2. The average Bonchev–Trinajstić information content (AvgIpc) is 2.83. The molecule has 0 radical (unpaired) electrons. The molecule has 6 N–H and O–H groups in total. The average molecular weight is 486 g/mol. The van der Waals surface area contributed by atoms with Gasteiger partial charge in [0.25, 0.3) is 5.91 Å². The standard InChI is InChI=1S/C24H25F3N6O2/c25-24(26,27)16-9-7-15(8-10-16)14-32-22(35)20(6-3-12-31-23(28)29)33-21(34)18-11-13-30-19-5-2-1-4-17(18)19/h1-2,4-5,7-11,13,20H,3,6,12,14H2,(H,32,35)(H,33,34)(H4,28,29,31)/t20-/m1/s1. The van der Waals surface area contributed by atoms with Crippen LogP contribution in [0.1, 0.15) is 34.3 Å². The summed E-state index contributed by atoms with van der Waals surface area (Å²) < 4.78 is 38.3. The van der Waals surface area contributed by atoms with Crippen molar-refractivity contribution in [2.75, 3.05) is 6.54 Å². The third-order valence-electron chi connectivity index (χ3n) is 5.21. The highest BCUT2D eigenvalue weighted by atomic mass is 19.4. The van der Waals surface area contributed by atoms with Gasteiger partial charge in [-0.3, -0.25) is 19.6 Å². The third kappa shape index (κ3) is 7.16. The molecule has 35 heavy (non-hydrogen) atoms. The van der Waals surface area contributed by atoms with E-state index in [2.05, 4.69) is 20.6 Å². The van der Waals surface area contributed by atoms with Crippen molar-refractivity contribution in [3.05, 3.63) is 77.5 Å². The first-order valence-corrected chi connectivity index (χ1v) is 10.8. The van der Waals surface area contributed by atoms with Crippen LogP contribution in [0.3, 0.4) is 0 Å². The Morgan fingerprint density at radius 2 is 1.74 bits per heavy atom. The second-order valence-electron chi connectivity index (χ2n) is 7.76. The van der Waals surface area contributed by atoms with Crippen LogP contribution in [0.5, 0.6) is 0 Å². The number of nitrogens with two attached hydrogens (primary N) is 2. The highest BCUT2D eigenvalue weighted by molar-refractivity contribution is 6.07. The van der Waals surface area contributed by atoms with E-state index in [0.717, 1.165) is 12.1 Å². The minimum atomic E-state index is -4.44. The lowest BCUT2D eigenvalue weighted by Gasteiger charge is -2.19. The topological polar surface area (TPSA) is 135 Å². The molecule has 1 aromatic heterocycles. The molecule has 11 heteroatoms. The number of halogens is 3. The van der Waals surface area contributed by atoms with Crippen molar-refractivity contribution in [3.8, 4) is 0 Å². The zero-order valence-corrected chi connectivity index (χ0v) is 18.7. The van der Waals surface area contributed by atoms with E-state index in [9.17, 15) is 22.8 Å². The Morgan fingerprint density at radius 3 is 2.43 bits per heavy atom. The molecule has 1 heterocycles. The Bertz CT molecular complexity index is 1200. The highest BCUT2D eigenvalue weighted by Crippen LogP contribution is 2.29. The molecule has 2 amide bonds. The SMILES string of the molecule is NC(N)=NCCC[C@@H](NC(=O)c1ccnc2ccccc12)C(=O)NCc1ccc(C(F)(F)F)cc1. The predicted octanol–water partition coefficient (Wildman–Crippen LogP) is 2.72. The number of alkyl halides is 3. The fraction of sp³-hybridized carbons (Fsp3) is 0.250. The van der Waals surface area contributed by atoms with E-state index in [4.69, 9.17) is 11.5 Å². The van der Waals surface area contributed by atoms with Crippen molar-refractivity contribution in [2.45, 2.75) is 31.6 Å². The Labute approximate surface area is 199 Å². The van der Waals surface area contributed by atoms with Gasteiger partial charge in [0.05, 0.1) is 16.6 Å². The molecule has 0 saturated heterocycles. The van der Waals surface area contributed by atoms with Crippen molar-refractivity contribution >= 4 is 28.7 Å². The highest BCUT2D eigenvalue weighted by Gasteiger charge is 2.30. The number of aromatic nitrogens is 1. The van der Waals surface area contributed by atoms with Gasteiger partial charge in [-0.25, -0.2) is 0 Å². The number of hydrogen-bond acceptors (Lipinski definition) is 4. The number of fused-ring (bicyclic) bond motifs is 1. The van der Waals surface area contributed by atoms with Crippen LogP contribution >= 0.6 is 0 Å². The van der Waals surface area contributed by atoms with Crippen molar-refractivity contribution in [1.82, 2.24) is 15.6 Å². The Kier molecular flexibility index (Phi) is 8.24. The number of aliphatic imine (C=N–C) groups is 1. The summed E-state index contributed by atoms with van der Waals surface area (Å²) in [5.41, 5.74) is 11.4. The summed E-state index contributed by atoms with van der Waals surface area (Å²) in [6.45, 7) is 0.258. The molecule has 3 rings (SSSR count). The van der Waals surface area contributed by atoms with Crippen molar-refractivity contribution in [2.24, 2.45) is 16.5 Å². The lowest BCUT2D eigenvalue weighted by atomic mass is 10.1. The summed E-state index contributed by atoms with van der Waals surface area (Å²) in [5.74, 6) is -1.03. The molecule has 0 unspecified atom stereocenters. The number of nitrogens with one attached hydrogen (secondary N) is 2. The number of guanidine groups is 1. The maximum Gasteiger partial charge on any atom is 0.416 e. The van der Waals surface area contributed by atoms with Crippen molar-refractivity contribution in [3.63, 3.8) is 0 Å². The van der Waals surface area contributed by atoms with Crippen molar-refractivity contribution in [1.29, 1.82) is 0 Å². The van der Waals surface area contributed by atoms with Gasteiger partial charge in [-0.1, -0.05) is 30.3 Å². The molecule has 0 aliphatic heterocycles. The quantitative estimate of drug-likeness (QED) is 0.210. The van der Waals surface area contributed by atoms with E-state index < -0.39 is 29.6 Å². The van der Waals surface area contributed by atoms with Crippen LogP contribution in [0.4, 0.5) is 13.2 Å². The Morgan fingerprint density at radius 1 is 1.03 bits per heavy atom. The minimum absolute atomic E-state index is 0.00453. The number of pyridine rings is 1. The van der Waals surface area contributed by atoms with Gasteiger partial charge in [0, 0.05) is 24.7 Å². The maximum atomic E-state index is 13.0. The predicted molar refractivity (Wildman–Crippen MR) is 126 cm³/mol. The van der Waals surface area contributed by atoms with E-state index in [0.29, 0.717) is 28.5 Å². The number of benzene rings is 2. The van der Waals surface area contributed by atoms with E-state index in [1.165, 1.54) is 18.3 Å². The first kappa shape index (κ1) is 25.5. The lowest BCUT2D eigenvalue weighted by molar-refractivity contribution is -0.137. The molecular formula is C24H25F3N6O2. The van der Waals surface area contributed by atoms with Gasteiger partial charge in [-0.05, 0) is 42.7 Å². The molecule has 184 valence electrons. The number of carbonyl (C=O) groups is 2. The molecular weight excluding hydrogens is 461 g/mol. The zero-order chi connectivity index (χ0) is 25.4. The summed E-state index contributed by atoms with van der Waals surface area (Å²) in [7, 11) is 0. The summed E-state index contributed by atoms with van der Waals surface area (Å²) in [4.78, 5) is 34.0. The van der Waals surface area contributed by atoms with Crippen LogP contribution in [0, 0.1) is 0 Å². The monoisotopic (exact) mass is 486 g/mol. The first-order valence-electron chi connectivity index (χ1n) is 10.8. The van der Waals surface area contributed by atoms with Gasteiger partial charge >= 0.3 is 6.18 Å². The van der Waals surface area contributed by atoms with Gasteiger partial charge in [0.2, 0.25) is 5.91 Å². The van der Waals surface area contributed by atoms with Crippen LogP contribution in [0.15, 0.2) is 65.8 Å². The maximum absolute atomic E-state index is 13.0. The van der Waals surface area contributed by atoms with Gasteiger partial charge < -0.3 is 22.1 Å². The molecule has 0 aliphatic carbocycles. The van der Waals surface area contributed by atoms with Gasteiger partial charge in [0.15, 0.2) is 5.96 Å². The van der Waals surface area contributed by atoms with E-state index in [1.54, 1.807) is 30.3 Å². The van der Waals surface area contributed by atoms with Crippen LogP contribution in [-0.2, 0) is 17.5 Å². The molecule has 0 aliphatic rings. The smallest absolute Gasteiger partial charge is 0.370 e. The van der Waals surface area contributed by atoms with E-state index >= 15 is 0 Å². The fourth-order valence-electron chi connectivity index (χ4n) is 3.43. The molecule has 2 aromatic carbocycles. The largest absolute Gasteiger partial charge is 0.416 e. The fourth-order valence-corrected chi connectivity index (χ4v) is 3.43. The summed E-state index contributed by atoms with van der Waals surface area (Å²) in [6, 6.07) is 12.2. The number of nitrogens with zero attached hydrogens (tertiary/aromatic N) is 2. The van der Waals surface area contributed by atoms with Gasteiger partial charge in [0.1, 0.15) is 6.04 Å². The van der Waals surface area contributed by atoms with Gasteiger partial charge in [-0.2, -0.15) is 13.2 Å². The third-order valence-corrected chi connectivity index (χ3v) is 5.21.